The van der Waals surface area contributed by atoms with Crippen molar-refractivity contribution in [3.8, 4) is 22.4 Å². The minimum Gasteiger partial charge on any atom is -0.481 e. The van der Waals surface area contributed by atoms with E-state index in [0.29, 0.717) is 17.1 Å². The van der Waals surface area contributed by atoms with E-state index < -0.39 is 29.9 Å². The predicted octanol–water partition coefficient (Wildman–Crippen LogP) is 7.26. The summed E-state index contributed by atoms with van der Waals surface area (Å²) in [5.74, 6) is -1.51. The predicted molar refractivity (Wildman–Crippen MR) is 138 cm³/mol. The van der Waals surface area contributed by atoms with Crippen molar-refractivity contribution in [1.82, 2.24) is 5.16 Å². The fourth-order valence-corrected chi connectivity index (χ4v) is 4.11. The van der Waals surface area contributed by atoms with E-state index in [1.165, 1.54) is 6.07 Å². The highest BCUT2D eigenvalue weighted by atomic mass is 19.1. The fourth-order valence-electron chi connectivity index (χ4n) is 4.11. The molecule has 7 nitrogen and oxygen atoms in total. The number of aryl methyl sites for hydroxylation is 2. The van der Waals surface area contributed by atoms with E-state index in [2.05, 4.69) is 10.5 Å². The molecule has 0 spiro atoms. The van der Waals surface area contributed by atoms with Gasteiger partial charge >= 0.3 is 12.1 Å². The summed E-state index contributed by atoms with van der Waals surface area (Å²) >= 11 is 0. The average molecular weight is 503 g/mol. The van der Waals surface area contributed by atoms with Crippen molar-refractivity contribution in [2.24, 2.45) is 0 Å². The molecule has 0 saturated carbocycles. The van der Waals surface area contributed by atoms with E-state index in [1.807, 2.05) is 49.4 Å². The Kier molecular flexibility index (Phi) is 7.38. The first-order valence-corrected chi connectivity index (χ1v) is 11.8. The Labute approximate surface area is 213 Å². The number of carboxylic acid groups (broad SMARTS) is 1. The van der Waals surface area contributed by atoms with Crippen LogP contribution >= 0.6 is 0 Å². The highest BCUT2D eigenvalue weighted by Crippen LogP contribution is 2.34. The molecule has 190 valence electrons. The van der Waals surface area contributed by atoms with Crippen molar-refractivity contribution in [3.05, 3.63) is 95.0 Å². The van der Waals surface area contributed by atoms with Crippen molar-refractivity contribution < 1.29 is 28.3 Å². The summed E-state index contributed by atoms with van der Waals surface area (Å²) < 4.78 is 24.8. The van der Waals surface area contributed by atoms with Crippen molar-refractivity contribution in [2.45, 2.75) is 39.7 Å². The molecule has 0 bridgehead atoms. The molecule has 1 heterocycles. The smallest absolute Gasteiger partial charge is 0.412 e. The molecular weight excluding hydrogens is 475 g/mol. The van der Waals surface area contributed by atoms with Crippen LogP contribution in [0.1, 0.15) is 48.3 Å². The van der Waals surface area contributed by atoms with Gasteiger partial charge in [-0.15, -0.1) is 0 Å². The average Bonchev–Trinajstić information content (AvgIpc) is 3.23. The number of ether oxygens (including phenoxy) is 1. The Morgan fingerprint density at radius 2 is 1.68 bits per heavy atom. The van der Waals surface area contributed by atoms with Gasteiger partial charge in [-0.3, -0.25) is 10.1 Å². The van der Waals surface area contributed by atoms with E-state index in [9.17, 15) is 19.1 Å². The van der Waals surface area contributed by atoms with E-state index in [4.69, 9.17) is 9.26 Å². The first-order valence-electron chi connectivity index (χ1n) is 11.8. The molecule has 1 amide bonds. The molecule has 0 aliphatic carbocycles. The Hall–Kier alpha value is -4.46. The van der Waals surface area contributed by atoms with Gasteiger partial charge in [0.05, 0.1) is 5.92 Å². The summed E-state index contributed by atoms with van der Waals surface area (Å²) in [6, 6.07) is 19.3. The van der Waals surface area contributed by atoms with Crippen LogP contribution in [0.2, 0.25) is 0 Å². The van der Waals surface area contributed by atoms with Gasteiger partial charge in [-0.1, -0.05) is 59.8 Å². The quantitative estimate of drug-likeness (QED) is 0.276. The van der Waals surface area contributed by atoms with Crippen LogP contribution in [0.25, 0.3) is 22.4 Å². The Morgan fingerprint density at radius 1 is 1.00 bits per heavy atom. The molecule has 0 radical (unpaired) electrons. The number of aliphatic carboxylic acids is 1. The summed E-state index contributed by atoms with van der Waals surface area (Å²) in [6.45, 7) is 6.87. The molecule has 0 aliphatic rings. The molecule has 2 N–H and O–H groups in total. The van der Waals surface area contributed by atoms with Gasteiger partial charge in [-0.05, 0) is 62.1 Å². The van der Waals surface area contributed by atoms with Crippen LogP contribution in [0.3, 0.4) is 0 Å². The molecule has 4 aromatic rings. The van der Waals surface area contributed by atoms with Crippen LogP contribution in [-0.2, 0) is 9.53 Å². The molecule has 0 fully saturated rings. The number of nitrogens with zero attached hydrogens (tertiary/aromatic N) is 1. The number of carboxylic acids is 1. The van der Waals surface area contributed by atoms with Gasteiger partial charge in [0.2, 0.25) is 0 Å². The highest BCUT2D eigenvalue weighted by molar-refractivity contribution is 5.91. The zero-order valence-corrected chi connectivity index (χ0v) is 20.9. The van der Waals surface area contributed by atoms with Crippen molar-refractivity contribution in [1.29, 1.82) is 0 Å². The van der Waals surface area contributed by atoms with Gasteiger partial charge < -0.3 is 14.4 Å². The number of halogens is 1. The number of benzene rings is 3. The monoisotopic (exact) mass is 502 g/mol. The normalized spacial score (nSPS) is 12.6. The number of amides is 1. The van der Waals surface area contributed by atoms with Crippen LogP contribution in [0.15, 0.2) is 71.3 Å². The maximum atomic E-state index is 14.0. The SMILES string of the molecule is Cc1cc(-c2noc(C)c2NC(=O)OC(C)c2ccccc2F)ccc1-c1ccc(C(C)C(=O)O)cc1. The zero-order valence-electron chi connectivity index (χ0n) is 20.9. The van der Waals surface area contributed by atoms with E-state index in [0.717, 1.165) is 27.8 Å². The van der Waals surface area contributed by atoms with E-state index in [-0.39, 0.29) is 5.56 Å². The van der Waals surface area contributed by atoms with Gasteiger partial charge in [0.1, 0.15) is 23.3 Å². The third kappa shape index (κ3) is 5.53. The molecule has 2 atom stereocenters. The Morgan fingerprint density at radius 3 is 2.32 bits per heavy atom. The number of carbonyl (C=O) groups is 2. The van der Waals surface area contributed by atoms with Crippen LogP contribution in [0.4, 0.5) is 14.9 Å². The maximum absolute atomic E-state index is 14.0. The summed E-state index contributed by atoms with van der Waals surface area (Å²) in [6.07, 6.45) is -1.55. The number of aromatic nitrogens is 1. The fraction of sp³-hybridized carbons (Fsp3) is 0.207. The molecule has 37 heavy (non-hydrogen) atoms. The minimum atomic E-state index is -0.869. The summed E-state index contributed by atoms with van der Waals surface area (Å²) in [4.78, 5) is 23.8. The zero-order chi connectivity index (χ0) is 26.7. The minimum absolute atomic E-state index is 0.275. The van der Waals surface area contributed by atoms with Crippen LogP contribution in [-0.4, -0.2) is 22.3 Å². The second kappa shape index (κ2) is 10.7. The van der Waals surface area contributed by atoms with Crippen molar-refractivity contribution in [3.63, 3.8) is 0 Å². The maximum Gasteiger partial charge on any atom is 0.412 e. The highest BCUT2D eigenvalue weighted by Gasteiger charge is 2.21. The van der Waals surface area contributed by atoms with Gasteiger partial charge in [0.25, 0.3) is 0 Å². The molecule has 0 aliphatic heterocycles. The number of carbonyl (C=O) groups excluding carboxylic acids is 1. The largest absolute Gasteiger partial charge is 0.481 e. The number of anilines is 1. The molecule has 3 aromatic carbocycles. The molecule has 4 rings (SSSR count). The number of hydrogen-bond donors (Lipinski definition) is 2. The number of rotatable bonds is 7. The van der Waals surface area contributed by atoms with Gasteiger partial charge in [-0.25, -0.2) is 9.18 Å². The molecule has 0 saturated heterocycles. The van der Waals surface area contributed by atoms with Crippen molar-refractivity contribution >= 4 is 17.7 Å². The molecule has 1 aromatic heterocycles. The summed E-state index contributed by atoms with van der Waals surface area (Å²) in [5, 5.41) is 16.0. The Balaban J connectivity index is 1.53. The lowest BCUT2D eigenvalue weighted by Crippen LogP contribution is -2.17. The van der Waals surface area contributed by atoms with Crippen LogP contribution < -0.4 is 5.32 Å². The molecule has 2 unspecified atom stereocenters. The van der Waals surface area contributed by atoms with E-state index >= 15 is 0 Å². The van der Waals surface area contributed by atoms with Crippen molar-refractivity contribution in [2.75, 3.05) is 5.32 Å². The van der Waals surface area contributed by atoms with Crippen LogP contribution in [0.5, 0.6) is 0 Å². The third-order valence-corrected chi connectivity index (χ3v) is 6.31. The number of nitrogens with one attached hydrogen (secondary N) is 1. The molecule has 8 heteroatoms. The molecular formula is C29H27FN2O5. The third-order valence-electron chi connectivity index (χ3n) is 6.31. The summed E-state index contributed by atoms with van der Waals surface area (Å²) in [7, 11) is 0. The lowest BCUT2D eigenvalue weighted by Gasteiger charge is -2.15. The van der Waals surface area contributed by atoms with E-state index in [1.54, 1.807) is 39.0 Å². The van der Waals surface area contributed by atoms with Crippen LogP contribution in [0, 0.1) is 19.7 Å². The second-order valence-corrected chi connectivity index (χ2v) is 8.87. The summed E-state index contributed by atoms with van der Waals surface area (Å²) in [5.41, 5.74) is 5.42. The first kappa shape index (κ1) is 25.6. The topological polar surface area (TPSA) is 102 Å². The Bertz CT molecular complexity index is 1450. The lowest BCUT2D eigenvalue weighted by atomic mass is 9.94. The first-order chi connectivity index (χ1) is 17.7. The standard InChI is InChI=1S/C29H27FN2O5/c1-16-15-22(13-14-23(16)21-11-9-20(10-12-21)17(2)28(33)34)27-26(19(4)37-32-27)31-29(35)36-18(3)24-7-5-6-8-25(24)30/h5-15,17-18H,1-4H3,(H,31,35)(H,33,34). The number of hydrogen-bond acceptors (Lipinski definition) is 5. The second-order valence-electron chi connectivity index (χ2n) is 8.87. The van der Waals surface area contributed by atoms with Gasteiger partial charge in [0.15, 0.2) is 5.76 Å². The van der Waals surface area contributed by atoms with Gasteiger partial charge in [-0.2, -0.15) is 0 Å². The lowest BCUT2D eigenvalue weighted by molar-refractivity contribution is -0.138. The van der Waals surface area contributed by atoms with Gasteiger partial charge in [0, 0.05) is 11.1 Å².